The molecule has 0 aromatic heterocycles. The summed E-state index contributed by atoms with van der Waals surface area (Å²) in [5, 5.41) is 0. The lowest BCUT2D eigenvalue weighted by atomic mass is 10.1. The van der Waals surface area contributed by atoms with Crippen LogP contribution in [0.25, 0.3) is 0 Å². The van der Waals surface area contributed by atoms with E-state index >= 15 is 0 Å². The molecule has 2 aromatic carbocycles. The highest BCUT2D eigenvalue weighted by atomic mass is 32.2. The lowest BCUT2D eigenvalue weighted by Crippen LogP contribution is -2.22. The van der Waals surface area contributed by atoms with Gasteiger partial charge in [-0.25, -0.2) is 0 Å². The van der Waals surface area contributed by atoms with E-state index < -0.39 is 0 Å². The van der Waals surface area contributed by atoms with Gasteiger partial charge in [0.15, 0.2) is 0 Å². The van der Waals surface area contributed by atoms with E-state index in [9.17, 15) is 0 Å². The Bertz CT molecular complexity index is 525. The first-order chi connectivity index (χ1) is 10.7. The molecule has 0 spiro atoms. The van der Waals surface area contributed by atoms with Gasteiger partial charge in [0.1, 0.15) is 0 Å². The minimum Gasteiger partial charge on any atom is -0.399 e. The van der Waals surface area contributed by atoms with E-state index in [1.807, 2.05) is 23.9 Å². The number of likely N-dealkylation sites (N-methyl/N-ethyl adjacent to an activating group) is 1. The number of anilines is 1. The highest BCUT2D eigenvalue weighted by molar-refractivity contribution is 7.99. The Kier molecular flexibility index (Phi) is 7.34. The number of rotatable bonds is 9. The van der Waals surface area contributed by atoms with Gasteiger partial charge in [-0.2, -0.15) is 0 Å². The van der Waals surface area contributed by atoms with Crippen LogP contribution in [0, 0.1) is 0 Å². The third-order valence-electron chi connectivity index (χ3n) is 3.71. The van der Waals surface area contributed by atoms with Crippen LogP contribution in [0.5, 0.6) is 0 Å². The van der Waals surface area contributed by atoms with Gasteiger partial charge in [0.25, 0.3) is 0 Å². The molecule has 2 nitrogen and oxygen atoms in total. The average Bonchev–Trinajstić information content (AvgIpc) is 2.55. The molecular formula is C19H26N2S. The maximum absolute atomic E-state index is 5.69. The van der Waals surface area contributed by atoms with E-state index in [-0.39, 0.29) is 0 Å². The maximum Gasteiger partial charge on any atom is 0.0314 e. The van der Waals surface area contributed by atoms with Gasteiger partial charge in [0.2, 0.25) is 0 Å². The quantitative estimate of drug-likeness (QED) is 0.425. The van der Waals surface area contributed by atoms with E-state index in [0.29, 0.717) is 0 Å². The summed E-state index contributed by atoms with van der Waals surface area (Å²) in [5.41, 5.74) is 7.95. The van der Waals surface area contributed by atoms with Crippen molar-refractivity contribution < 1.29 is 0 Å². The molecule has 118 valence electrons. The van der Waals surface area contributed by atoms with E-state index in [2.05, 4.69) is 54.4 Å². The fourth-order valence-electron chi connectivity index (χ4n) is 2.31. The third-order valence-corrected chi connectivity index (χ3v) is 4.81. The van der Waals surface area contributed by atoms with E-state index in [4.69, 9.17) is 5.73 Å². The normalized spacial score (nSPS) is 11.0. The van der Waals surface area contributed by atoms with Gasteiger partial charge in [-0.15, -0.1) is 11.8 Å². The van der Waals surface area contributed by atoms with Crippen molar-refractivity contribution in [3.8, 4) is 0 Å². The Morgan fingerprint density at radius 3 is 2.36 bits per heavy atom. The Balaban J connectivity index is 1.53. The molecule has 0 radical (unpaired) electrons. The van der Waals surface area contributed by atoms with Gasteiger partial charge < -0.3 is 10.6 Å². The van der Waals surface area contributed by atoms with Gasteiger partial charge in [-0.05, 0) is 68.4 Å². The van der Waals surface area contributed by atoms with Crippen LogP contribution in [-0.2, 0) is 6.42 Å². The van der Waals surface area contributed by atoms with Crippen molar-refractivity contribution in [2.45, 2.75) is 24.2 Å². The second-order valence-corrected chi connectivity index (χ2v) is 6.83. The third kappa shape index (κ3) is 6.54. The van der Waals surface area contributed by atoms with Crippen LogP contribution in [-0.4, -0.2) is 30.8 Å². The number of thioether (sulfide) groups is 1. The second-order valence-electron chi connectivity index (χ2n) is 5.66. The predicted molar refractivity (Wildman–Crippen MR) is 98.5 cm³/mol. The van der Waals surface area contributed by atoms with Crippen LogP contribution >= 0.6 is 11.8 Å². The summed E-state index contributed by atoms with van der Waals surface area (Å²) < 4.78 is 0. The van der Waals surface area contributed by atoms with Crippen LogP contribution in [0.1, 0.15) is 18.4 Å². The molecule has 0 atom stereocenters. The molecule has 0 aliphatic heterocycles. The number of unbranched alkanes of at least 4 members (excludes halogenated alkanes) is 1. The fraction of sp³-hybridized carbons (Fsp3) is 0.368. The van der Waals surface area contributed by atoms with Crippen LogP contribution in [0.15, 0.2) is 59.5 Å². The smallest absolute Gasteiger partial charge is 0.0314 e. The Labute approximate surface area is 138 Å². The molecule has 0 unspecified atom stereocenters. The van der Waals surface area contributed by atoms with Gasteiger partial charge in [-0.1, -0.05) is 30.3 Å². The lowest BCUT2D eigenvalue weighted by Gasteiger charge is -2.16. The van der Waals surface area contributed by atoms with Crippen molar-refractivity contribution in [3.05, 3.63) is 60.2 Å². The molecule has 0 saturated carbocycles. The zero-order valence-corrected chi connectivity index (χ0v) is 14.2. The number of nitrogens with two attached hydrogens (primary N) is 1. The van der Waals surface area contributed by atoms with E-state index in [1.165, 1.54) is 35.6 Å². The number of benzene rings is 2. The standard InChI is InChI=1S/C19H26N2S/c1-21(15-13-17-7-3-2-4-8-17)14-5-6-16-22-19-11-9-18(20)10-12-19/h2-4,7-12H,5-6,13-16,20H2,1H3. The lowest BCUT2D eigenvalue weighted by molar-refractivity contribution is 0.332. The summed E-state index contributed by atoms with van der Waals surface area (Å²) in [6.07, 6.45) is 3.65. The number of hydrogen-bond acceptors (Lipinski definition) is 3. The second kappa shape index (κ2) is 9.54. The largest absolute Gasteiger partial charge is 0.399 e. The molecule has 0 aliphatic carbocycles. The molecule has 2 N–H and O–H groups in total. The average molecular weight is 314 g/mol. The van der Waals surface area contributed by atoms with Crippen molar-refractivity contribution in [1.82, 2.24) is 4.90 Å². The van der Waals surface area contributed by atoms with Crippen molar-refractivity contribution in [1.29, 1.82) is 0 Å². The molecule has 2 rings (SSSR count). The molecule has 3 heteroatoms. The molecule has 0 bridgehead atoms. The molecule has 0 saturated heterocycles. The van der Waals surface area contributed by atoms with Crippen LogP contribution in [0.4, 0.5) is 5.69 Å². The number of nitrogens with zero attached hydrogens (tertiary/aromatic N) is 1. The molecule has 0 aliphatic rings. The number of hydrogen-bond donors (Lipinski definition) is 1. The van der Waals surface area contributed by atoms with Crippen LogP contribution in [0.2, 0.25) is 0 Å². The summed E-state index contributed by atoms with van der Waals surface area (Å²) in [5.74, 6) is 1.18. The fourth-order valence-corrected chi connectivity index (χ4v) is 3.23. The summed E-state index contributed by atoms with van der Waals surface area (Å²) in [4.78, 5) is 3.74. The first-order valence-electron chi connectivity index (χ1n) is 7.95. The van der Waals surface area contributed by atoms with Crippen molar-refractivity contribution in [3.63, 3.8) is 0 Å². The van der Waals surface area contributed by atoms with Crippen LogP contribution in [0.3, 0.4) is 0 Å². The zero-order valence-electron chi connectivity index (χ0n) is 13.4. The van der Waals surface area contributed by atoms with Gasteiger partial charge in [-0.3, -0.25) is 0 Å². The first-order valence-corrected chi connectivity index (χ1v) is 8.93. The molecule has 22 heavy (non-hydrogen) atoms. The summed E-state index contributed by atoms with van der Waals surface area (Å²) in [6, 6.07) is 18.9. The Morgan fingerprint density at radius 1 is 0.909 bits per heavy atom. The molecule has 0 heterocycles. The van der Waals surface area contributed by atoms with Crippen molar-refractivity contribution in [2.24, 2.45) is 0 Å². The molecular weight excluding hydrogens is 288 g/mol. The molecule has 0 amide bonds. The SMILES string of the molecule is CN(CCCCSc1ccc(N)cc1)CCc1ccccc1. The highest BCUT2D eigenvalue weighted by Gasteiger charge is 2.00. The zero-order chi connectivity index (χ0) is 15.6. The topological polar surface area (TPSA) is 29.3 Å². The highest BCUT2D eigenvalue weighted by Crippen LogP contribution is 2.20. The Morgan fingerprint density at radius 2 is 1.64 bits per heavy atom. The van der Waals surface area contributed by atoms with Crippen LogP contribution < -0.4 is 5.73 Å². The van der Waals surface area contributed by atoms with E-state index in [1.54, 1.807) is 0 Å². The minimum atomic E-state index is 0.837. The summed E-state index contributed by atoms with van der Waals surface area (Å²) in [6.45, 7) is 2.31. The monoisotopic (exact) mass is 314 g/mol. The van der Waals surface area contributed by atoms with Gasteiger partial charge in [0.05, 0.1) is 0 Å². The Hall–Kier alpha value is -1.45. The minimum absolute atomic E-state index is 0.837. The summed E-state index contributed by atoms with van der Waals surface area (Å²) in [7, 11) is 2.22. The first kappa shape index (κ1) is 16.9. The number of nitrogen functional groups attached to an aromatic ring is 1. The van der Waals surface area contributed by atoms with E-state index in [0.717, 1.165) is 18.7 Å². The maximum atomic E-state index is 5.69. The van der Waals surface area contributed by atoms with Crippen molar-refractivity contribution >= 4 is 17.4 Å². The molecule has 0 fully saturated rings. The van der Waals surface area contributed by atoms with Gasteiger partial charge >= 0.3 is 0 Å². The predicted octanol–water partition coefficient (Wildman–Crippen LogP) is 4.32. The summed E-state index contributed by atoms with van der Waals surface area (Å²) >= 11 is 1.92. The van der Waals surface area contributed by atoms with Gasteiger partial charge in [0, 0.05) is 17.1 Å². The van der Waals surface area contributed by atoms with Crippen molar-refractivity contribution in [2.75, 3.05) is 31.6 Å². The molecule has 2 aromatic rings.